The summed E-state index contributed by atoms with van der Waals surface area (Å²) in [5.74, 6) is 0. The van der Waals surface area contributed by atoms with E-state index >= 15 is 0 Å². The van der Waals surface area contributed by atoms with Gasteiger partial charge in [-0.15, -0.1) is 6.58 Å². The van der Waals surface area contributed by atoms with Gasteiger partial charge in [-0.1, -0.05) is 25.3 Å². The van der Waals surface area contributed by atoms with Crippen molar-refractivity contribution in [3.05, 3.63) is 12.7 Å². The van der Waals surface area contributed by atoms with Crippen LogP contribution in [0.5, 0.6) is 0 Å². The first-order chi connectivity index (χ1) is 8.08. The van der Waals surface area contributed by atoms with Crippen LogP contribution in [0, 0.1) is 0 Å². The van der Waals surface area contributed by atoms with Crippen molar-refractivity contribution in [3.8, 4) is 0 Å². The van der Waals surface area contributed by atoms with Crippen molar-refractivity contribution in [1.82, 2.24) is 4.90 Å². The number of likely N-dealkylation sites (N-methyl/N-ethyl adjacent to an activating group) is 1. The van der Waals surface area contributed by atoms with Crippen molar-refractivity contribution in [1.29, 1.82) is 0 Å². The van der Waals surface area contributed by atoms with Gasteiger partial charge in [-0.2, -0.15) is 0 Å². The highest BCUT2D eigenvalue weighted by Crippen LogP contribution is 2.37. The Balaban J connectivity index is 2.04. The van der Waals surface area contributed by atoms with E-state index in [0.29, 0.717) is 5.54 Å². The van der Waals surface area contributed by atoms with Crippen molar-refractivity contribution in [2.24, 2.45) is 0 Å². The quantitative estimate of drug-likeness (QED) is 0.539. The highest BCUT2D eigenvalue weighted by Gasteiger charge is 2.40. The van der Waals surface area contributed by atoms with Crippen molar-refractivity contribution in [2.45, 2.75) is 44.1 Å². The minimum Gasteiger partial charge on any atom is -0.326 e. The first-order valence-corrected chi connectivity index (χ1v) is 7.26. The number of hydrogen-bond acceptors (Lipinski definition) is 1. The third-order valence-electron chi connectivity index (χ3n) is 4.93. The Labute approximate surface area is 107 Å². The maximum absolute atomic E-state index is 3.99. The first kappa shape index (κ1) is 13.1. The van der Waals surface area contributed by atoms with Gasteiger partial charge < -0.3 is 4.48 Å². The third kappa shape index (κ3) is 2.92. The second kappa shape index (κ2) is 5.11. The van der Waals surface area contributed by atoms with Crippen LogP contribution < -0.4 is 0 Å². The fourth-order valence-corrected chi connectivity index (χ4v) is 3.61. The lowest BCUT2D eigenvalue weighted by Gasteiger charge is -2.50. The maximum Gasteiger partial charge on any atom is 0.0912 e. The molecule has 2 fully saturated rings. The Bertz CT molecular complexity index is 254. The van der Waals surface area contributed by atoms with E-state index in [1.807, 2.05) is 0 Å². The summed E-state index contributed by atoms with van der Waals surface area (Å²) in [4.78, 5) is 2.79. The van der Waals surface area contributed by atoms with Gasteiger partial charge in [0.05, 0.1) is 27.2 Å². The molecule has 2 aliphatic rings. The number of rotatable bonds is 3. The van der Waals surface area contributed by atoms with E-state index in [0.717, 1.165) is 0 Å². The van der Waals surface area contributed by atoms with Gasteiger partial charge in [0.2, 0.25) is 0 Å². The van der Waals surface area contributed by atoms with Crippen molar-refractivity contribution in [2.75, 3.05) is 40.3 Å². The van der Waals surface area contributed by atoms with E-state index in [2.05, 4.69) is 31.7 Å². The molecular weight excluding hydrogens is 208 g/mol. The van der Waals surface area contributed by atoms with Crippen molar-refractivity contribution in [3.63, 3.8) is 0 Å². The molecule has 0 aromatic carbocycles. The van der Waals surface area contributed by atoms with Gasteiger partial charge in [-0.25, -0.2) is 0 Å². The van der Waals surface area contributed by atoms with Crippen LogP contribution in [-0.2, 0) is 0 Å². The lowest BCUT2D eigenvalue weighted by molar-refractivity contribution is -0.895. The number of piperazine rings is 1. The molecule has 0 aromatic heterocycles. The van der Waals surface area contributed by atoms with Gasteiger partial charge in [0.1, 0.15) is 0 Å². The molecule has 0 N–H and O–H groups in total. The summed E-state index contributed by atoms with van der Waals surface area (Å²) in [6.07, 6.45) is 10.4. The van der Waals surface area contributed by atoms with Gasteiger partial charge in [-0.3, -0.25) is 4.90 Å². The normalized spacial score (nSPS) is 28.8. The largest absolute Gasteiger partial charge is 0.326 e. The molecule has 17 heavy (non-hydrogen) atoms. The SMILES string of the molecule is C=CCC1(N2CC[N+](C)(C)CC2)CCCCC1. The van der Waals surface area contributed by atoms with Crippen LogP contribution in [0.4, 0.5) is 0 Å². The molecule has 1 saturated heterocycles. The number of nitrogens with zero attached hydrogens (tertiary/aromatic N) is 2. The summed E-state index contributed by atoms with van der Waals surface area (Å²) in [6.45, 7) is 9.16. The molecule has 2 nitrogen and oxygen atoms in total. The van der Waals surface area contributed by atoms with E-state index in [1.165, 1.54) is 69.2 Å². The molecule has 1 aliphatic carbocycles. The monoisotopic (exact) mass is 237 g/mol. The third-order valence-corrected chi connectivity index (χ3v) is 4.93. The predicted molar refractivity (Wildman–Crippen MR) is 74.0 cm³/mol. The molecule has 2 rings (SSSR count). The van der Waals surface area contributed by atoms with Crippen LogP contribution in [0.2, 0.25) is 0 Å². The van der Waals surface area contributed by atoms with E-state index < -0.39 is 0 Å². The van der Waals surface area contributed by atoms with Gasteiger partial charge in [0, 0.05) is 18.6 Å². The molecule has 0 amide bonds. The minimum absolute atomic E-state index is 0.473. The van der Waals surface area contributed by atoms with Gasteiger partial charge in [-0.05, 0) is 19.3 Å². The van der Waals surface area contributed by atoms with Gasteiger partial charge in [0.25, 0.3) is 0 Å². The molecule has 1 heterocycles. The van der Waals surface area contributed by atoms with Crippen molar-refractivity contribution < 1.29 is 4.48 Å². The molecule has 0 spiro atoms. The molecule has 1 aliphatic heterocycles. The minimum atomic E-state index is 0.473. The van der Waals surface area contributed by atoms with E-state index in [4.69, 9.17) is 0 Å². The molecule has 0 unspecified atom stereocenters. The first-order valence-electron chi connectivity index (χ1n) is 7.26. The van der Waals surface area contributed by atoms with E-state index in [1.54, 1.807) is 0 Å². The summed E-state index contributed by atoms with van der Waals surface area (Å²) < 4.78 is 1.20. The summed E-state index contributed by atoms with van der Waals surface area (Å²) >= 11 is 0. The predicted octanol–water partition coefficient (Wildman–Crippen LogP) is 2.66. The number of hydrogen-bond donors (Lipinski definition) is 0. The van der Waals surface area contributed by atoms with E-state index in [9.17, 15) is 0 Å². The molecule has 0 aromatic rings. The van der Waals surface area contributed by atoms with Crippen LogP contribution in [-0.4, -0.2) is 55.2 Å². The molecule has 98 valence electrons. The number of quaternary nitrogens is 1. The Kier molecular flexibility index (Phi) is 3.94. The standard InChI is InChI=1S/C15H29N2/c1-4-8-15(9-6-5-7-10-15)16-11-13-17(2,3)14-12-16/h4H,1,5-14H2,2-3H3/q+1. The lowest BCUT2D eigenvalue weighted by atomic mass is 9.77. The van der Waals surface area contributed by atoms with Crippen LogP contribution in [0.25, 0.3) is 0 Å². The molecule has 0 atom stereocenters. The average molecular weight is 237 g/mol. The zero-order chi connectivity index (χ0) is 12.4. The maximum atomic E-state index is 3.99. The Morgan fingerprint density at radius 1 is 1.12 bits per heavy atom. The van der Waals surface area contributed by atoms with E-state index in [-0.39, 0.29) is 0 Å². The Hall–Kier alpha value is -0.340. The second-order valence-electron chi connectivity index (χ2n) is 6.65. The molecule has 1 saturated carbocycles. The average Bonchev–Trinajstić information content (AvgIpc) is 2.30. The lowest BCUT2D eigenvalue weighted by Crippen LogP contribution is -2.61. The smallest absolute Gasteiger partial charge is 0.0912 e. The van der Waals surface area contributed by atoms with Crippen LogP contribution in [0.15, 0.2) is 12.7 Å². The topological polar surface area (TPSA) is 3.24 Å². The van der Waals surface area contributed by atoms with Crippen LogP contribution >= 0.6 is 0 Å². The molecule has 0 bridgehead atoms. The molecule has 2 heteroatoms. The van der Waals surface area contributed by atoms with Crippen molar-refractivity contribution >= 4 is 0 Å². The highest BCUT2D eigenvalue weighted by atomic mass is 15.4. The summed E-state index contributed by atoms with van der Waals surface area (Å²) in [7, 11) is 4.72. The highest BCUT2D eigenvalue weighted by molar-refractivity contribution is 4.98. The van der Waals surface area contributed by atoms with Gasteiger partial charge in [0.15, 0.2) is 0 Å². The summed E-state index contributed by atoms with van der Waals surface area (Å²) in [5.41, 5.74) is 0.473. The second-order valence-corrected chi connectivity index (χ2v) is 6.65. The summed E-state index contributed by atoms with van der Waals surface area (Å²) in [5, 5.41) is 0. The summed E-state index contributed by atoms with van der Waals surface area (Å²) in [6, 6.07) is 0. The fraction of sp³-hybridized carbons (Fsp3) is 0.867. The van der Waals surface area contributed by atoms with Crippen LogP contribution in [0.1, 0.15) is 38.5 Å². The zero-order valence-electron chi connectivity index (χ0n) is 11.7. The molecule has 0 radical (unpaired) electrons. The molecular formula is C15H29N2+. The van der Waals surface area contributed by atoms with Crippen LogP contribution in [0.3, 0.4) is 0 Å². The van der Waals surface area contributed by atoms with Gasteiger partial charge >= 0.3 is 0 Å². The Morgan fingerprint density at radius 2 is 1.71 bits per heavy atom. The zero-order valence-corrected chi connectivity index (χ0v) is 11.7. The Morgan fingerprint density at radius 3 is 2.24 bits per heavy atom. The fourth-order valence-electron chi connectivity index (χ4n) is 3.61.